The molecule has 3 fully saturated rings. The van der Waals surface area contributed by atoms with Crippen LogP contribution >= 0.6 is 0 Å². The fourth-order valence-electron chi connectivity index (χ4n) is 5.21. The van der Waals surface area contributed by atoms with Crippen LogP contribution in [0, 0.1) is 12.8 Å². The summed E-state index contributed by atoms with van der Waals surface area (Å²) in [6, 6.07) is 7.62. The van der Waals surface area contributed by atoms with Crippen molar-refractivity contribution in [2.75, 3.05) is 59.4 Å². The molecule has 3 heterocycles. The standard InChI is InChI=1S/C23H36N4O3S/c1-19-5-7-22(8-6-19)31(29,30)27-12-9-20(10-13-27)23(28)26-16-14-25(15-17-26)21-4-3-11-24(2)18-21/h5-8,20-21H,3-4,9-18H2,1-2H3. The molecule has 8 heteroatoms. The van der Waals surface area contributed by atoms with Gasteiger partial charge in [0.25, 0.3) is 0 Å². The summed E-state index contributed by atoms with van der Waals surface area (Å²) in [6.07, 6.45) is 3.73. The van der Waals surface area contributed by atoms with Crippen LogP contribution in [0.1, 0.15) is 31.2 Å². The normalized spacial score (nSPS) is 25.6. The topological polar surface area (TPSA) is 64.2 Å². The number of hydrogen-bond donors (Lipinski definition) is 0. The van der Waals surface area contributed by atoms with Gasteiger partial charge < -0.3 is 9.80 Å². The number of likely N-dealkylation sites (N-methyl/N-ethyl adjacent to an activating group) is 1. The predicted molar refractivity (Wildman–Crippen MR) is 121 cm³/mol. The molecule has 0 spiro atoms. The van der Waals surface area contributed by atoms with Gasteiger partial charge in [-0.25, -0.2) is 8.42 Å². The number of piperidine rings is 2. The number of aryl methyl sites for hydroxylation is 1. The average Bonchev–Trinajstić information content (AvgIpc) is 2.79. The van der Waals surface area contributed by atoms with Crippen molar-refractivity contribution in [3.05, 3.63) is 29.8 Å². The third-order valence-electron chi connectivity index (χ3n) is 7.20. The van der Waals surface area contributed by atoms with Gasteiger partial charge >= 0.3 is 0 Å². The van der Waals surface area contributed by atoms with Gasteiger partial charge in [0.2, 0.25) is 15.9 Å². The van der Waals surface area contributed by atoms with E-state index in [1.54, 1.807) is 16.4 Å². The molecule has 3 saturated heterocycles. The summed E-state index contributed by atoms with van der Waals surface area (Å²) in [5, 5.41) is 0. The number of amides is 1. The van der Waals surface area contributed by atoms with E-state index in [0.717, 1.165) is 38.3 Å². The molecule has 0 radical (unpaired) electrons. The number of hydrogen-bond acceptors (Lipinski definition) is 5. The van der Waals surface area contributed by atoms with Gasteiger partial charge in [-0.2, -0.15) is 4.31 Å². The number of benzene rings is 1. The Morgan fingerprint density at radius 1 is 0.903 bits per heavy atom. The van der Waals surface area contributed by atoms with E-state index in [4.69, 9.17) is 0 Å². The Morgan fingerprint density at radius 3 is 2.16 bits per heavy atom. The van der Waals surface area contributed by atoms with Gasteiger partial charge in [0.1, 0.15) is 0 Å². The Labute approximate surface area is 187 Å². The van der Waals surface area contributed by atoms with Crippen molar-refractivity contribution in [1.82, 2.24) is 19.0 Å². The molecule has 0 aromatic heterocycles. The molecule has 1 aromatic rings. The number of carbonyl (C=O) groups excluding carboxylic acids is 1. The minimum atomic E-state index is -3.48. The van der Waals surface area contributed by atoms with Crippen LogP contribution in [0.5, 0.6) is 0 Å². The maximum atomic E-state index is 13.1. The second kappa shape index (κ2) is 9.57. The van der Waals surface area contributed by atoms with Crippen LogP contribution in [0.25, 0.3) is 0 Å². The van der Waals surface area contributed by atoms with E-state index in [-0.39, 0.29) is 11.8 Å². The van der Waals surface area contributed by atoms with E-state index >= 15 is 0 Å². The molecule has 3 aliphatic heterocycles. The first-order chi connectivity index (χ1) is 14.8. The summed E-state index contributed by atoms with van der Waals surface area (Å²) >= 11 is 0. The maximum absolute atomic E-state index is 13.1. The first-order valence-electron chi connectivity index (χ1n) is 11.6. The van der Waals surface area contributed by atoms with Gasteiger partial charge in [0.05, 0.1) is 4.90 Å². The Hall–Kier alpha value is -1.48. The molecule has 0 N–H and O–H groups in total. The molecule has 4 rings (SSSR count). The number of rotatable bonds is 4. The first-order valence-corrected chi connectivity index (χ1v) is 13.1. The lowest BCUT2D eigenvalue weighted by molar-refractivity contribution is -0.139. The summed E-state index contributed by atoms with van der Waals surface area (Å²) in [4.78, 5) is 20.4. The Kier molecular flexibility index (Phi) is 7.01. The van der Waals surface area contributed by atoms with E-state index in [0.29, 0.717) is 36.9 Å². The fourth-order valence-corrected chi connectivity index (χ4v) is 6.67. The van der Waals surface area contributed by atoms with Crippen LogP contribution in [0.3, 0.4) is 0 Å². The molecular formula is C23H36N4O3S. The van der Waals surface area contributed by atoms with E-state index in [2.05, 4.69) is 16.8 Å². The van der Waals surface area contributed by atoms with Crippen molar-refractivity contribution >= 4 is 15.9 Å². The molecule has 0 bridgehead atoms. The molecule has 7 nitrogen and oxygen atoms in total. The van der Waals surface area contributed by atoms with Gasteiger partial charge in [0.15, 0.2) is 0 Å². The molecule has 0 saturated carbocycles. The SMILES string of the molecule is Cc1ccc(S(=O)(=O)N2CCC(C(=O)N3CCN(C4CCCN(C)C4)CC3)CC2)cc1. The predicted octanol–water partition coefficient (Wildman–Crippen LogP) is 1.63. The number of carbonyl (C=O) groups is 1. The molecule has 0 aliphatic carbocycles. The monoisotopic (exact) mass is 448 g/mol. The minimum Gasteiger partial charge on any atom is -0.340 e. The summed E-state index contributed by atoms with van der Waals surface area (Å²) < 4.78 is 27.4. The summed E-state index contributed by atoms with van der Waals surface area (Å²) in [5.74, 6) is 0.157. The molecule has 31 heavy (non-hydrogen) atoms. The lowest BCUT2D eigenvalue weighted by atomic mass is 9.96. The number of likely N-dealkylation sites (tertiary alicyclic amines) is 1. The molecule has 172 valence electrons. The number of piperazine rings is 1. The van der Waals surface area contributed by atoms with E-state index in [9.17, 15) is 13.2 Å². The molecular weight excluding hydrogens is 412 g/mol. The van der Waals surface area contributed by atoms with Crippen molar-refractivity contribution in [2.24, 2.45) is 5.92 Å². The minimum absolute atomic E-state index is 0.0585. The Morgan fingerprint density at radius 2 is 1.55 bits per heavy atom. The van der Waals surface area contributed by atoms with Crippen LogP contribution < -0.4 is 0 Å². The van der Waals surface area contributed by atoms with Gasteiger partial charge in [-0.15, -0.1) is 0 Å². The molecule has 3 aliphatic rings. The fraction of sp³-hybridized carbons (Fsp3) is 0.696. The molecule has 1 atom stereocenters. The summed E-state index contributed by atoms with van der Waals surface area (Å²) in [5.41, 5.74) is 1.04. The van der Waals surface area contributed by atoms with Gasteiger partial charge in [-0.1, -0.05) is 17.7 Å². The lowest BCUT2D eigenvalue weighted by Crippen LogP contribution is -2.56. The molecule has 1 amide bonds. The smallest absolute Gasteiger partial charge is 0.243 e. The highest BCUT2D eigenvalue weighted by Gasteiger charge is 2.35. The van der Waals surface area contributed by atoms with E-state index in [1.165, 1.54) is 19.4 Å². The number of sulfonamides is 1. The largest absolute Gasteiger partial charge is 0.340 e. The zero-order chi connectivity index (χ0) is 22.0. The zero-order valence-electron chi connectivity index (χ0n) is 18.9. The first kappa shape index (κ1) is 22.7. The Balaban J connectivity index is 1.27. The van der Waals surface area contributed by atoms with Crippen LogP contribution in [0.2, 0.25) is 0 Å². The van der Waals surface area contributed by atoms with Crippen molar-refractivity contribution in [3.8, 4) is 0 Å². The highest BCUT2D eigenvalue weighted by molar-refractivity contribution is 7.89. The van der Waals surface area contributed by atoms with Crippen molar-refractivity contribution < 1.29 is 13.2 Å². The van der Waals surface area contributed by atoms with E-state index < -0.39 is 10.0 Å². The quantitative estimate of drug-likeness (QED) is 0.701. The van der Waals surface area contributed by atoms with Crippen LogP contribution in [0.4, 0.5) is 0 Å². The Bertz CT molecular complexity index is 857. The van der Waals surface area contributed by atoms with Gasteiger partial charge in [0, 0.05) is 57.8 Å². The zero-order valence-corrected chi connectivity index (χ0v) is 19.7. The third-order valence-corrected chi connectivity index (χ3v) is 9.12. The third kappa shape index (κ3) is 5.13. The van der Waals surface area contributed by atoms with Crippen molar-refractivity contribution in [1.29, 1.82) is 0 Å². The summed E-state index contributed by atoms with van der Waals surface area (Å²) in [7, 11) is -1.29. The van der Waals surface area contributed by atoms with Crippen LogP contribution in [-0.4, -0.2) is 98.8 Å². The second-order valence-electron chi connectivity index (χ2n) is 9.41. The van der Waals surface area contributed by atoms with E-state index in [1.807, 2.05) is 24.0 Å². The summed E-state index contributed by atoms with van der Waals surface area (Å²) in [6.45, 7) is 8.58. The van der Waals surface area contributed by atoms with Crippen molar-refractivity contribution in [2.45, 2.75) is 43.5 Å². The van der Waals surface area contributed by atoms with Crippen molar-refractivity contribution in [3.63, 3.8) is 0 Å². The second-order valence-corrected chi connectivity index (χ2v) is 11.3. The van der Waals surface area contributed by atoms with Gasteiger partial charge in [-0.05, 0) is 58.3 Å². The maximum Gasteiger partial charge on any atom is 0.243 e. The lowest BCUT2D eigenvalue weighted by Gasteiger charge is -2.43. The van der Waals surface area contributed by atoms with Gasteiger partial charge in [-0.3, -0.25) is 9.69 Å². The average molecular weight is 449 g/mol. The molecule has 1 aromatic carbocycles. The number of nitrogens with zero attached hydrogens (tertiary/aromatic N) is 4. The molecule has 1 unspecified atom stereocenters. The van der Waals surface area contributed by atoms with Crippen LogP contribution in [0.15, 0.2) is 29.2 Å². The highest BCUT2D eigenvalue weighted by Crippen LogP contribution is 2.26. The highest BCUT2D eigenvalue weighted by atomic mass is 32.2. The van der Waals surface area contributed by atoms with Crippen LogP contribution in [-0.2, 0) is 14.8 Å².